The van der Waals surface area contributed by atoms with Crippen LogP contribution in [0.5, 0.6) is 5.75 Å². The van der Waals surface area contributed by atoms with Crippen molar-refractivity contribution >= 4 is 5.69 Å². The van der Waals surface area contributed by atoms with Crippen LogP contribution in [0.1, 0.15) is 32.6 Å². The van der Waals surface area contributed by atoms with E-state index in [2.05, 4.69) is 12.2 Å². The standard InChI is InChI=1S/C14H20FNO/c1-3-10-4-5-11(8-10)16-12-6-7-13(15)14(9-12)17-2/h6-7,9-11,16H,3-5,8H2,1-2H3. The van der Waals surface area contributed by atoms with Gasteiger partial charge in [0.25, 0.3) is 0 Å². The molecule has 0 heterocycles. The molecule has 1 aromatic carbocycles. The van der Waals surface area contributed by atoms with Crippen LogP contribution in [-0.2, 0) is 0 Å². The van der Waals surface area contributed by atoms with E-state index >= 15 is 0 Å². The Kier molecular flexibility index (Phi) is 3.87. The maximum Gasteiger partial charge on any atom is 0.165 e. The molecule has 1 saturated carbocycles. The van der Waals surface area contributed by atoms with Crippen molar-refractivity contribution < 1.29 is 9.13 Å². The van der Waals surface area contributed by atoms with Gasteiger partial charge in [-0.2, -0.15) is 0 Å². The zero-order valence-electron chi connectivity index (χ0n) is 10.5. The summed E-state index contributed by atoms with van der Waals surface area (Å²) in [5.41, 5.74) is 0.949. The third-order valence-electron chi connectivity index (χ3n) is 3.64. The highest BCUT2D eigenvalue weighted by atomic mass is 19.1. The highest BCUT2D eigenvalue weighted by Crippen LogP contribution is 2.31. The van der Waals surface area contributed by atoms with Gasteiger partial charge in [-0.05, 0) is 37.3 Å². The summed E-state index contributed by atoms with van der Waals surface area (Å²) in [5, 5.41) is 3.46. The minimum absolute atomic E-state index is 0.306. The maximum absolute atomic E-state index is 13.2. The fourth-order valence-corrected chi connectivity index (χ4v) is 2.56. The Morgan fingerprint density at radius 1 is 1.41 bits per heavy atom. The molecule has 0 spiro atoms. The number of rotatable bonds is 4. The first-order valence-corrected chi connectivity index (χ1v) is 6.33. The first-order chi connectivity index (χ1) is 8.22. The molecule has 0 aliphatic heterocycles. The number of nitrogens with one attached hydrogen (secondary N) is 1. The second-order valence-electron chi connectivity index (χ2n) is 4.78. The van der Waals surface area contributed by atoms with Crippen LogP contribution >= 0.6 is 0 Å². The van der Waals surface area contributed by atoms with Gasteiger partial charge in [0, 0.05) is 17.8 Å². The summed E-state index contributed by atoms with van der Waals surface area (Å²) < 4.78 is 18.2. The van der Waals surface area contributed by atoms with E-state index in [0.717, 1.165) is 11.6 Å². The monoisotopic (exact) mass is 237 g/mol. The lowest BCUT2D eigenvalue weighted by atomic mass is 10.1. The molecule has 17 heavy (non-hydrogen) atoms. The fourth-order valence-electron chi connectivity index (χ4n) is 2.56. The second kappa shape index (κ2) is 5.39. The van der Waals surface area contributed by atoms with Crippen LogP contribution in [0.3, 0.4) is 0 Å². The first kappa shape index (κ1) is 12.2. The summed E-state index contributed by atoms with van der Waals surface area (Å²) in [6.07, 6.45) is 4.98. The fraction of sp³-hybridized carbons (Fsp3) is 0.571. The van der Waals surface area contributed by atoms with Crippen LogP contribution in [0, 0.1) is 11.7 Å². The molecule has 1 N–H and O–H groups in total. The average Bonchev–Trinajstić information content (AvgIpc) is 2.79. The normalized spacial score (nSPS) is 23.7. The molecule has 1 fully saturated rings. The average molecular weight is 237 g/mol. The van der Waals surface area contributed by atoms with Crippen molar-refractivity contribution in [3.8, 4) is 5.75 Å². The summed E-state index contributed by atoms with van der Waals surface area (Å²) in [4.78, 5) is 0. The molecule has 94 valence electrons. The second-order valence-corrected chi connectivity index (χ2v) is 4.78. The number of halogens is 1. The molecule has 2 rings (SSSR count). The van der Waals surface area contributed by atoms with Gasteiger partial charge in [-0.1, -0.05) is 13.3 Å². The molecule has 2 unspecified atom stereocenters. The van der Waals surface area contributed by atoms with Gasteiger partial charge in [-0.15, -0.1) is 0 Å². The molecule has 0 radical (unpaired) electrons. The highest BCUT2D eigenvalue weighted by Gasteiger charge is 2.23. The summed E-state index contributed by atoms with van der Waals surface area (Å²) in [6, 6.07) is 5.48. The van der Waals surface area contributed by atoms with E-state index < -0.39 is 0 Å². The lowest BCUT2D eigenvalue weighted by Gasteiger charge is -2.15. The largest absolute Gasteiger partial charge is 0.494 e. The number of anilines is 1. The summed E-state index contributed by atoms with van der Waals surface area (Å²) in [6.45, 7) is 2.24. The SMILES string of the molecule is CCC1CCC(Nc2ccc(F)c(OC)c2)C1. The Bertz CT molecular complexity index is 380. The van der Waals surface area contributed by atoms with E-state index in [0.29, 0.717) is 11.8 Å². The van der Waals surface area contributed by atoms with E-state index in [-0.39, 0.29) is 5.82 Å². The Balaban J connectivity index is 1.99. The van der Waals surface area contributed by atoms with Crippen LogP contribution < -0.4 is 10.1 Å². The van der Waals surface area contributed by atoms with E-state index in [4.69, 9.17) is 4.74 Å². The van der Waals surface area contributed by atoms with Crippen molar-refractivity contribution in [3.63, 3.8) is 0 Å². The third kappa shape index (κ3) is 2.90. The number of benzene rings is 1. The smallest absolute Gasteiger partial charge is 0.165 e. The molecule has 1 aliphatic rings. The molecule has 1 aromatic rings. The van der Waals surface area contributed by atoms with Gasteiger partial charge in [0.05, 0.1) is 7.11 Å². The lowest BCUT2D eigenvalue weighted by molar-refractivity contribution is 0.386. The van der Waals surface area contributed by atoms with Crippen molar-refractivity contribution in [2.45, 2.75) is 38.6 Å². The molecular weight excluding hydrogens is 217 g/mol. The number of hydrogen-bond acceptors (Lipinski definition) is 2. The molecule has 0 amide bonds. The van der Waals surface area contributed by atoms with Gasteiger partial charge in [-0.3, -0.25) is 0 Å². The predicted molar refractivity (Wildman–Crippen MR) is 68.0 cm³/mol. The molecule has 1 aliphatic carbocycles. The number of methoxy groups -OCH3 is 1. The Morgan fingerprint density at radius 3 is 2.88 bits per heavy atom. The molecule has 0 saturated heterocycles. The maximum atomic E-state index is 13.2. The van der Waals surface area contributed by atoms with E-state index in [9.17, 15) is 4.39 Å². The van der Waals surface area contributed by atoms with Crippen molar-refractivity contribution in [1.82, 2.24) is 0 Å². The van der Waals surface area contributed by atoms with Crippen molar-refractivity contribution in [2.24, 2.45) is 5.92 Å². The first-order valence-electron chi connectivity index (χ1n) is 6.33. The summed E-state index contributed by atoms with van der Waals surface area (Å²) >= 11 is 0. The number of ether oxygens (including phenoxy) is 1. The van der Waals surface area contributed by atoms with Crippen LogP contribution in [0.2, 0.25) is 0 Å². The van der Waals surface area contributed by atoms with Gasteiger partial charge < -0.3 is 10.1 Å². The van der Waals surface area contributed by atoms with E-state index in [1.165, 1.54) is 38.9 Å². The van der Waals surface area contributed by atoms with Gasteiger partial charge in [0.15, 0.2) is 11.6 Å². The van der Waals surface area contributed by atoms with Crippen molar-refractivity contribution in [1.29, 1.82) is 0 Å². The third-order valence-corrected chi connectivity index (χ3v) is 3.64. The topological polar surface area (TPSA) is 21.3 Å². The van der Waals surface area contributed by atoms with Crippen LogP contribution in [0.25, 0.3) is 0 Å². The van der Waals surface area contributed by atoms with Crippen molar-refractivity contribution in [3.05, 3.63) is 24.0 Å². The minimum atomic E-state index is -0.309. The van der Waals surface area contributed by atoms with E-state index in [1.807, 2.05) is 0 Å². The number of hydrogen-bond donors (Lipinski definition) is 1. The van der Waals surface area contributed by atoms with Crippen molar-refractivity contribution in [2.75, 3.05) is 12.4 Å². The van der Waals surface area contributed by atoms with Gasteiger partial charge in [0.2, 0.25) is 0 Å². The predicted octanol–water partition coefficient (Wildman–Crippen LogP) is 3.82. The Labute approximate surface area is 102 Å². The van der Waals surface area contributed by atoms with Gasteiger partial charge in [0.1, 0.15) is 0 Å². The van der Waals surface area contributed by atoms with Crippen LogP contribution in [0.15, 0.2) is 18.2 Å². The van der Waals surface area contributed by atoms with Crippen LogP contribution in [0.4, 0.5) is 10.1 Å². The highest BCUT2D eigenvalue weighted by molar-refractivity contribution is 5.49. The molecule has 2 nitrogen and oxygen atoms in total. The van der Waals surface area contributed by atoms with Gasteiger partial charge >= 0.3 is 0 Å². The molecule has 3 heteroatoms. The molecule has 0 bridgehead atoms. The quantitative estimate of drug-likeness (QED) is 0.859. The van der Waals surface area contributed by atoms with Crippen LogP contribution in [-0.4, -0.2) is 13.2 Å². The Morgan fingerprint density at radius 2 is 2.24 bits per heavy atom. The molecule has 2 atom stereocenters. The molecule has 0 aromatic heterocycles. The summed E-state index contributed by atoms with van der Waals surface area (Å²) in [5.74, 6) is 0.839. The minimum Gasteiger partial charge on any atom is -0.494 e. The van der Waals surface area contributed by atoms with Gasteiger partial charge in [-0.25, -0.2) is 4.39 Å². The van der Waals surface area contributed by atoms with E-state index in [1.54, 1.807) is 12.1 Å². The summed E-state index contributed by atoms with van der Waals surface area (Å²) in [7, 11) is 1.49. The zero-order chi connectivity index (χ0) is 12.3. The lowest BCUT2D eigenvalue weighted by Crippen LogP contribution is -2.15. The molecular formula is C14H20FNO. The Hall–Kier alpha value is -1.25. The zero-order valence-corrected chi connectivity index (χ0v) is 10.5.